The number of rotatable bonds is 4. The molecule has 0 bridgehead atoms. The van der Waals surface area contributed by atoms with Crippen LogP contribution >= 0.6 is 11.8 Å². The summed E-state index contributed by atoms with van der Waals surface area (Å²) in [6.07, 6.45) is 2.61. The Morgan fingerprint density at radius 1 is 1.10 bits per heavy atom. The van der Waals surface area contributed by atoms with Gasteiger partial charge in [-0.05, 0) is 79.8 Å². The number of aryl methyl sites for hydroxylation is 1. The Balaban J connectivity index is 1.96. The van der Waals surface area contributed by atoms with Gasteiger partial charge in [-0.3, -0.25) is 14.5 Å². The number of carbonyl (C=O) groups is 2. The van der Waals surface area contributed by atoms with E-state index >= 15 is 0 Å². The molecule has 0 radical (unpaired) electrons. The van der Waals surface area contributed by atoms with Crippen molar-refractivity contribution in [3.63, 3.8) is 0 Å². The van der Waals surface area contributed by atoms with Crippen LogP contribution in [-0.2, 0) is 10.2 Å². The Bertz CT molecular complexity index is 978. The molecule has 2 heterocycles. The summed E-state index contributed by atoms with van der Waals surface area (Å²) in [5, 5.41) is -0.179. The van der Waals surface area contributed by atoms with Gasteiger partial charge in [0.25, 0.3) is 11.1 Å². The fraction of sp³-hybridized carbons (Fsp3) is 0.417. The zero-order chi connectivity index (χ0) is 21.5. The molecule has 154 valence electrons. The van der Waals surface area contributed by atoms with Gasteiger partial charge in [0.15, 0.2) is 0 Å². The normalized spacial score (nSPS) is 17.5. The Morgan fingerprint density at radius 2 is 1.72 bits per heavy atom. The number of carbonyl (C=O) groups excluding carboxylic acids is 2. The lowest BCUT2D eigenvalue weighted by molar-refractivity contribution is -0.124. The third-order valence-corrected chi connectivity index (χ3v) is 6.49. The molecule has 1 aromatic carbocycles. The predicted octanol–water partition coefficient (Wildman–Crippen LogP) is 6.23. The molecule has 5 heteroatoms. The fourth-order valence-electron chi connectivity index (χ4n) is 3.63. The van der Waals surface area contributed by atoms with E-state index in [2.05, 4.69) is 69.5 Å². The SMILES string of the molecule is CC[C@H](C)N1C(=O)S/C(=C/c2cc(C)n(-c3ccc(C(C)(C)C)cc3)c2C)C1=O. The summed E-state index contributed by atoms with van der Waals surface area (Å²) in [5.74, 6) is -0.186. The van der Waals surface area contributed by atoms with E-state index in [1.165, 1.54) is 10.5 Å². The van der Waals surface area contributed by atoms with E-state index in [9.17, 15) is 9.59 Å². The summed E-state index contributed by atoms with van der Waals surface area (Å²) < 4.78 is 2.19. The van der Waals surface area contributed by atoms with E-state index in [-0.39, 0.29) is 22.6 Å². The molecule has 0 aliphatic carbocycles. The van der Waals surface area contributed by atoms with Crippen LogP contribution in [-0.4, -0.2) is 26.7 Å². The van der Waals surface area contributed by atoms with Gasteiger partial charge in [-0.1, -0.05) is 39.8 Å². The zero-order valence-corrected chi connectivity index (χ0v) is 19.2. The fourth-order valence-corrected chi connectivity index (χ4v) is 4.55. The topological polar surface area (TPSA) is 42.3 Å². The average molecular weight is 411 g/mol. The second kappa shape index (κ2) is 7.86. The summed E-state index contributed by atoms with van der Waals surface area (Å²) in [4.78, 5) is 26.9. The van der Waals surface area contributed by atoms with E-state index in [4.69, 9.17) is 0 Å². The summed E-state index contributed by atoms with van der Waals surface area (Å²) >= 11 is 1.03. The van der Waals surface area contributed by atoms with Gasteiger partial charge in [0.05, 0.1) is 4.91 Å². The number of thioether (sulfide) groups is 1. The maximum absolute atomic E-state index is 12.7. The van der Waals surface area contributed by atoms with Gasteiger partial charge in [-0.25, -0.2) is 0 Å². The van der Waals surface area contributed by atoms with Crippen molar-refractivity contribution in [1.29, 1.82) is 0 Å². The number of amides is 2. The lowest BCUT2D eigenvalue weighted by Crippen LogP contribution is -2.36. The Kier molecular flexibility index (Phi) is 5.81. The average Bonchev–Trinajstić information content (AvgIpc) is 3.09. The van der Waals surface area contributed by atoms with E-state index in [0.717, 1.165) is 40.8 Å². The summed E-state index contributed by atoms with van der Waals surface area (Å²) in [6.45, 7) is 14.6. The summed E-state index contributed by atoms with van der Waals surface area (Å²) in [6, 6.07) is 10.6. The van der Waals surface area contributed by atoms with Gasteiger partial charge in [-0.15, -0.1) is 0 Å². The molecule has 0 unspecified atom stereocenters. The van der Waals surface area contributed by atoms with Crippen LogP contribution in [0.15, 0.2) is 35.2 Å². The molecule has 1 saturated heterocycles. The number of nitrogens with zero attached hydrogens (tertiary/aromatic N) is 2. The lowest BCUT2D eigenvalue weighted by atomic mass is 9.87. The van der Waals surface area contributed by atoms with Crippen molar-refractivity contribution in [3.8, 4) is 5.69 Å². The second-order valence-electron chi connectivity index (χ2n) is 8.77. The summed E-state index contributed by atoms with van der Waals surface area (Å²) in [7, 11) is 0. The van der Waals surface area contributed by atoms with Gasteiger partial charge in [0.1, 0.15) is 0 Å². The molecule has 4 nitrogen and oxygen atoms in total. The standard InChI is InChI=1S/C24H30N2O2S/c1-8-15(2)26-22(27)21(29-23(26)28)14-18-13-16(3)25(17(18)4)20-11-9-19(10-12-20)24(5,6)7/h9-15H,8H2,1-7H3/b21-14+/t15-/m0/s1. The van der Waals surface area contributed by atoms with Crippen LogP contribution in [0.3, 0.4) is 0 Å². The first-order valence-corrected chi connectivity index (χ1v) is 10.9. The van der Waals surface area contributed by atoms with E-state index < -0.39 is 0 Å². The molecule has 1 fully saturated rings. The minimum absolute atomic E-state index is 0.0813. The van der Waals surface area contributed by atoms with Crippen LogP contribution in [0.4, 0.5) is 4.79 Å². The number of aromatic nitrogens is 1. The molecule has 0 spiro atoms. The monoisotopic (exact) mass is 410 g/mol. The molecule has 2 aromatic rings. The van der Waals surface area contributed by atoms with Crippen LogP contribution in [0.25, 0.3) is 11.8 Å². The Morgan fingerprint density at radius 3 is 2.28 bits per heavy atom. The molecule has 1 aliphatic heterocycles. The van der Waals surface area contributed by atoms with Gasteiger partial charge in [-0.2, -0.15) is 0 Å². The Labute approximate surface area is 178 Å². The quantitative estimate of drug-likeness (QED) is 0.561. The molecule has 0 N–H and O–H groups in total. The maximum atomic E-state index is 12.7. The molecule has 29 heavy (non-hydrogen) atoms. The Hall–Kier alpha value is -2.27. The molecule has 2 amide bonds. The van der Waals surface area contributed by atoms with Crippen LogP contribution in [0.1, 0.15) is 63.6 Å². The van der Waals surface area contributed by atoms with Crippen LogP contribution in [0.5, 0.6) is 0 Å². The molecule has 1 atom stereocenters. The number of imide groups is 1. The molecular formula is C24H30N2O2S. The van der Waals surface area contributed by atoms with E-state index in [1.807, 2.05) is 19.9 Å². The van der Waals surface area contributed by atoms with Crippen LogP contribution in [0.2, 0.25) is 0 Å². The van der Waals surface area contributed by atoms with E-state index in [1.54, 1.807) is 0 Å². The van der Waals surface area contributed by atoms with Crippen LogP contribution < -0.4 is 0 Å². The van der Waals surface area contributed by atoms with Crippen molar-refractivity contribution in [1.82, 2.24) is 9.47 Å². The minimum atomic E-state index is -0.186. The third-order valence-electron chi connectivity index (χ3n) is 5.60. The van der Waals surface area contributed by atoms with Gasteiger partial charge >= 0.3 is 0 Å². The summed E-state index contributed by atoms with van der Waals surface area (Å²) in [5.41, 5.74) is 5.63. The molecule has 1 aliphatic rings. The zero-order valence-electron chi connectivity index (χ0n) is 18.4. The second-order valence-corrected chi connectivity index (χ2v) is 9.76. The number of hydrogen-bond acceptors (Lipinski definition) is 3. The van der Waals surface area contributed by atoms with Crippen molar-refractivity contribution < 1.29 is 9.59 Å². The first-order chi connectivity index (χ1) is 13.5. The minimum Gasteiger partial charge on any atom is -0.318 e. The highest BCUT2D eigenvalue weighted by Crippen LogP contribution is 2.35. The first-order valence-electron chi connectivity index (χ1n) is 10.1. The van der Waals surface area contributed by atoms with Crippen molar-refractivity contribution in [2.24, 2.45) is 0 Å². The van der Waals surface area contributed by atoms with Gasteiger partial charge in [0, 0.05) is 23.1 Å². The van der Waals surface area contributed by atoms with Crippen molar-refractivity contribution >= 4 is 29.0 Å². The van der Waals surface area contributed by atoms with Crippen LogP contribution in [0, 0.1) is 13.8 Å². The highest BCUT2D eigenvalue weighted by molar-refractivity contribution is 8.18. The highest BCUT2D eigenvalue weighted by Gasteiger charge is 2.37. The van der Waals surface area contributed by atoms with Gasteiger partial charge < -0.3 is 4.57 Å². The van der Waals surface area contributed by atoms with Crippen molar-refractivity contribution in [2.45, 2.75) is 66.3 Å². The number of benzene rings is 1. The molecule has 0 saturated carbocycles. The van der Waals surface area contributed by atoms with E-state index in [0.29, 0.717) is 4.91 Å². The predicted molar refractivity (Wildman–Crippen MR) is 122 cm³/mol. The molecular weight excluding hydrogens is 380 g/mol. The largest absolute Gasteiger partial charge is 0.318 e. The smallest absolute Gasteiger partial charge is 0.293 e. The molecule has 1 aromatic heterocycles. The third kappa shape index (κ3) is 4.06. The lowest BCUT2D eigenvalue weighted by Gasteiger charge is -2.20. The maximum Gasteiger partial charge on any atom is 0.293 e. The van der Waals surface area contributed by atoms with Crippen molar-refractivity contribution in [3.05, 3.63) is 57.8 Å². The highest BCUT2D eigenvalue weighted by atomic mass is 32.2. The number of hydrogen-bond donors (Lipinski definition) is 0. The molecule has 3 rings (SSSR count). The van der Waals surface area contributed by atoms with Crippen molar-refractivity contribution in [2.75, 3.05) is 0 Å². The first kappa shape index (κ1) is 21.4. The van der Waals surface area contributed by atoms with Gasteiger partial charge in [0.2, 0.25) is 0 Å².